The Labute approximate surface area is 116 Å². The van der Waals surface area contributed by atoms with E-state index in [1.54, 1.807) is 0 Å². The van der Waals surface area contributed by atoms with Crippen molar-refractivity contribution < 1.29 is 4.74 Å². The minimum absolute atomic E-state index is 0.0491. The predicted octanol–water partition coefficient (Wildman–Crippen LogP) is 2.43. The van der Waals surface area contributed by atoms with Crippen LogP contribution < -0.4 is 0 Å². The molecule has 2 heterocycles. The zero-order valence-electron chi connectivity index (χ0n) is 13.0. The number of rotatable bonds is 4. The number of hydrogen-bond acceptors (Lipinski definition) is 3. The SMILES string of the molecule is CCC1(CC)CN(Cc2nc(C)c(C)n2C)CCO1. The van der Waals surface area contributed by atoms with Crippen LogP contribution in [0.15, 0.2) is 0 Å². The Kier molecular flexibility index (Phi) is 4.31. The quantitative estimate of drug-likeness (QED) is 0.837. The standard InChI is InChI=1S/C15H27N3O/c1-6-15(7-2)11-18(8-9-19-15)10-14-16-12(3)13(4)17(14)5/h6-11H2,1-5H3. The monoisotopic (exact) mass is 265 g/mol. The summed E-state index contributed by atoms with van der Waals surface area (Å²) in [6, 6.07) is 0. The zero-order chi connectivity index (χ0) is 14.0. The van der Waals surface area contributed by atoms with Crippen molar-refractivity contribution in [3.8, 4) is 0 Å². The van der Waals surface area contributed by atoms with E-state index >= 15 is 0 Å². The van der Waals surface area contributed by atoms with Gasteiger partial charge < -0.3 is 9.30 Å². The van der Waals surface area contributed by atoms with Gasteiger partial charge in [0.25, 0.3) is 0 Å². The van der Waals surface area contributed by atoms with E-state index in [1.807, 2.05) is 0 Å². The van der Waals surface area contributed by atoms with Crippen LogP contribution in [0.2, 0.25) is 0 Å². The summed E-state index contributed by atoms with van der Waals surface area (Å²) in [5, 5.41) is 0. The van der Waals surface area contributed by atoms with E-state index in [1.165, 1.54) is 5.69 Å². The van der Waals surface area contributed by atoms with Crippen molar-refractivity contribution in [2.45, 2.75) is 52.7 Å². The average molecular weight is 265 g/mol. The molecular weight excluding hydrogens is 238 g/mol. The van der Waals surface area contributed by atoms with Crippen molar-refractivity contribution >= 4 is 0 Å². The molecule has 0 spiro atoms. The van der Waals surface area contributed by atoms with E-state index < -0.39 is 0 Å². The van der Waals surface area contributed by atoms with Gasteiger partial charge in [0.05, 0.1) is 24.4 Å². The molecule has 108 valence electrons. The molecule has 1 aliphatic heterocycles. The lowest BCUT2D eigenvalue weighted by molar-refractivity contribution is -0.115. The summed E-state index contributed by atoms with van der Waals surface area (Å²) in [4.78, 5) is 7.17. The van der Waals surface area contributed by atoms with Crippen LogP contribution in [0, 0.1) is 13.8 Å². The van der Waals surface area contributed by atoms with Gasteiger partial charge in [0, 0.05) is 25.8 Å². The molecule has 1 fully saturated rings. The van der Waals surface area contributed by atoms with Gasteiger partial charge in [-0.25, -0.2) is 4.98 Å². The van der Waals surface area contributed by atoms with Gasteiger partial charge in [-0.05, 0) is 26.7 Å². The van der Waals surface area contributed by atoms with Crippen LogP contribution in [0.25, 0.3) is 0 Å². The highest BCUT2D eigenvalue weighted by Gasteiger charge is 2.33. The fourth-order valence-electron chi connectivity index (χ4n) is 2.86. The molecule has 1 aromatic heterocycles. The Hall–Kier alpha value is -0.870. The predicted molar refractivity (Wildman–Crippen MR) is 77.2 cm³/mol. The molecule has 0 unspecified atom stereocenters. The van der Waals surface area contributed by atoms with Crippen molar-refractivity contribution in [3.63, 3.8) is 0 Å². The van der Waals surface area contributed by atoms with Gasteiger partial charge in [0.1, 0.15) is 5.82 Å². The molecule has 2 rings (SSSR count). The molecule has 19 heavy (non-hydrogen) atoms. The van der Waals surface area contributed by atoms with Gasteiger partial charge in [-0.15, -0.1) is 0 Å². The van der Waals surface area contributed by atoms with Crippen molar-refractivity contribution in [2.24, 2.45) is 7.05 Å². The topological polar surface area (TPSA) is 30.3 Å². The van der Waals surface area contributed by atoms with Crippen LogP contribution in [-0.4, -0.2) is 39.7 Å². The highest BCUT2D eigenvalue weighted by Crippen LogP contribution is 2.26. The summed E-state index contributed by atoms with van der Waals surface area (Å²) in [5.74, 6) is 1.16. The summed E-state index contributed by atoms with van der Waals surface area (Å²) < 4.78 is 8.23. The van der Waals surface area contributed by atoms with Crippen LogP contribution >= 0.6 is 0 Å². The van der Waals surface area contributed by atoms with Crippen molar-refractivity contribution in [1.82, 2.24) is 14.5 Å². The van der Waals surface area contributed by atoms with Gasteiger partial charge in [-0.1, -0.05) is 13.8 Å². The molecule has 0 atom stereocenters. The van der Waals surface area contributed by atoms with E-state index in [9.17, 15) is 0 Å². The molecule has 1 saturated heterocycles. The Morgan fingerprint density at radius 2 is 1.95 bits per heavy atom. The van der Waals surface area contributed by atoms with Gasteiger partial charge in [-0.2, -0.15) is 0 Å². The molecular formula is C15H27N3O. The second-order valence-electron chi connectivity index (χ2n) is 5.71. The fraction of sp³-hybridized carbons (Fsp3) is 0.800. The molecule has 0 saturated carbocycles. The van der Waals surface area contributed by atoms with Gasteiger partial charge in [0.2, 0.25) is 0 Å². The maximum Gasteiger partial charge on any atom is 0.123 e. The molecule has 1 aliphatic rings. The highest BCUT2D eigenvalue weighted by molar-refractivity contribution is 5.13. The van der Waals surface area contributed by atoms with Gasteiger partial charge in [-0.3, -0.25) is 4.90 Å². The number of aryl methyl sites for hydroxylation is 1. The maximum absolute atomic E-state index is 6.02. The number of hydrogen-bond donors (Lipinski definition) is 0. The Balaban J connectivity index is 2.08. The minimum Gasteiger partial charge on any atom is -0.372 e. The Morgan fingerprint density at radius 1 is 1.26 bits per heavy atom. The molecule has 4 nitrogen and oxygen atoms in total. The number of nitrogens with zero attached hydrogens (tertiary/aromatic N) is 3. The number of ether oxygens (including phenoxy) is 1. The summed E-state index contributed by atoms with van der Waals surface area (Å²) in [7, 11) is 2.11. The maximum atomic E-state index is 6.02. The molecule has 0 radical (unpaired) electrons. The summed E-state index contributed by atoms with van der Waals surface area (Å²) >= 11 is 0. The molecule has 0 aliphatic carbocycles. The first kappa shape index (κ1) is 14.5. The Bertz CT molecular complexity index is 435. The van der Waals surface area contributed by atoms with E-state index in [0.29, 0.717) is 0 Å². The molecule has 1 aromatic rings. The van der Waals surface area contributed by atoms with E-state index in [0.717, 1.165) is 50.6 Å². The van der Waals surface area contributed by atoms with Crippen LogP contribution in [0.3, 0.4) is 0 Å². The zero-order valence-corrected chi connectivity index (χ0v) is 13.0. The second-order valence-corrected chi connectivity index (χ2v) is 5.71. The van der Waals surface area contributed by atoms with Gasteiger partial charge >= 0.3 is 0 Å². The van der Waals surface area contributed by atoms with Gasteiger partial charge in [0.15, 0.2) is 0 Å². The molecule has 0 aromatic carbocycles. The molecule has 4 heteroatoms. The normalized spacial score (nSPS) is 19.8. The average Bonchev–Trinajstić information content (AvgIpc) is 2.66. The third-order valence-electron chi connectivity index (χ3n) is 4.69. The lowest BCUT2D eigenvalue weighted by atomic mass is 9.95. The molecule has 0 amide bonds. The summed E-state index contributed by atoms with van der Waals surface area (Å²) in [6.07, 6.45) is 2.16. The first-order valence-corrected chi connectivity index (χ1v) is 7.36. The summed E-state index contributed by atoms with van der Waals surface area (Å²) in [5.41, 5.74) is 2.46. The lowest BCUT2D eigenvalue weighted by Gasteiger charge is -2.41. The van der Waals surface area contributed by atoms with Crippen LogP contribution in [-0.2, 0) is 18.3 Å². The number of morpholine rings is 1. The van der Waals surface area contributed by atoms with Crippen LogP contribution in [0.4, 0.5) is 0 Å². The largest absolute Gasteiger partial charge is 0.372 e. The number of imidazole rings is 1. The van der Waals surface area contributed by atoms with Crippen LogP contribution in [0.5, 0.6) is 0 Å². The number of aromatic nitrogens is 2. The van der Waals surface area contributed by atoms with E-state index in [2.05, 4.69) is 49.2 Å². The summed E-state index contributed by atoms with van der Waals surface area (Å²) in [6.45, 7) is 12.5. The lowest BCUT2D eigenvalue weighted by Crippen LogP contribution is -2.51. The fourth-order valence-corrected chi connectivity index (χ4v) is 2.86. The van der Waals surface area contributed by atoms with Crippen molar-refractivity contribution in [3.05, 3.63) is 17.2 Å². The molecule has 0 N–H and O–H groups in total. The third kappa shape index (κ3) is 2.84. The molecule has 0 bridgehead atoms. The minimum atomic E-state index is 0.0491. The smallest absolute Gasteiger partial charge is 0.123 e. The van der Waals surface area contributed by atoms with Crippen molar-refractivity contribution in [1.29, 1.82) is 0 Å². The second kappa shape index (κ2) is 5.63. The van der Waals surface area contributed by atoms with Crippen molar-refractivity contribution in [2.75, 3.05) is 19.7 Å². The van der Waals surface area contributed by atoms with E-state index in [-0.39, 0.29) is 5.60 Å². The first-order chi connectivity index (χ1) is 9.01. The van der Waals surface area contributed by atoms with Crippen LogP contribution in [0.1, 0.15) is 43.9 Å². The third-order valence-corrected chi connectivity index (χ3v) is 4.69. The first-order valence-electron chi connectivity index (χ1n) is 7.36. The highest BCUT2D eigenvalue weighted by atomic mass is 16.5. The Morgan fingerprint density at radius 3 is 2.47 bits per heavy atom. The van der Waals surface area contributed by atoms with E-state index in [4.69, 9.17) is 4.74 Å².